The van der Waals surface area contributed by atoms with Gasteiger partial charge in [0.25, 0.3) is 5.91 Å². The van der Waals surface area contributed by atoms with E-state index in [0.717, 1.165) is 30.5 Å². The van der Waals surface area contributed by atoms with Crippen LogP contribution in [0.3, 0.4) is 0 Å². The minimum atomic E-state index is -0.310. The summed E-state index contributed by atoms with van der Waals surface area (Å²) in [5, 5.41) is 13.3. The Labute approximate surface area is 141 Å². The van der Waals surface area contributed by atoms with Crippen LogP contribution < -0.4 is 5.32 Å². The first-order valence-corrected chi connectivity index (χ1v) is 8.43. The number of benzene rings is 1. The zero-order valence-corrected chi connectivity index (χ0v) is 14.0. The molecular formula is C18H24N2O4. The number of hydrogen-bond acceptors (Lipinski definition) is 5. The highest BCUT2D eigenvalue weighted by Gasteiger charge is 2.21. The van der Waals surface area contributed by atoms with Crippen molar-refractivity contribution in [3.63, 3.8) is 0 Å². The summed E-state index contributed by atoms with van der Waals surface area (Å²) in [6.07, 6.45) is 2.39. The van der Waals surface area contributed by atoms with Crippen LogP contribution in [0.25, 0.3) is 11.0 Å². The topological polar surface area (TPSA) is 74.9 Å². The van der Waals surface area contributed by atoms with Crippen molar-refractivity contribution in [2.24, 2.45) is 0 Å². The molecule has 1 atom stereocenters. The Hall–Kier alpha value is -1.89. The third-order valence-electron chi connectivity index (χ3n) is 4.43. The molecule has 2 aromatic rings. The van der Waals surface area contributed by atoms with Gasteiger partial charge in [-0.25, -0.2) is 0 Å². The second-order valence-electron chi connectivity index (χ2n) is 6.10. The number of carbonyl (C=O) groups is 1. The minimum Gasteiger partial charge on any atom is -0.463 e. The number of amides is 1. The third-order valence-corrected chi connectivity index (χ3v) is 4.43. The van der Waals surface area contributed by atoms with Crippen molar-refractivity contribution in [2.45, 2.75) is 19.4 Å². The normalized spacial score (nSPS) is 17.1. The van der Waals surface area contributed by atoms with Crippen LogP contribution >= 0.6 is 0 Å². The van der Waals surface area contributed by atoms with Gasteiger partial charge in [-0.1, -0.05) is 13.0 Å². The Morgan fingerprint density at radius 3 is 2.88 bits per heavy atom. The van der Waals surface area contributed by atoms with Gasteiger partial charge in [0.2, 0.25) is 0 Å². The van der Waals surface area contributed by atoms with Crippen LogP contribution in [0.5, 0.6) is 0 Å². The van der Waals surface area contributed by atoms with E-state index in [1.165, 1.54) is 6.26 Å². The van der Waals surface area contributed by atoms with Crippen LogP contribution in [0.15, 0.2) is 28.9 Å². The van der Waals surface area contributed by atoms with Crippen molar-refractivity contribution >= 4 is 16.9 Å². The molecule has 130 valence electrons. The number of carbonyl (C=O) groups excluding carboxylic acids is 1. The van der Waals surface area contributed by atoms with Gasteiger partial charge in [0.15, 0.2) is 0 Å². The van der Waals surface area contributed by atoms with Crippen molar-refractivity contribution < 1.29 is 19.1 Å². The molecule has 1 aromatic heterocycles. The number of aliphatic hydroxyl groups is 1. The van der Waals surface area contributed by atoms with Crippen molar-refractivity contribution in [3.05, 3.63) is 35.6 Å². The number of nitrogens with one attached hydrogen (secondary N) is 1. The Kier molecular flexibility index (Phi) is 5.50. The van der Waals surface area contributed by atoms with Gasteiger partial charge in [-0.15, -0.1) is 0 Å². The zero-order chi connectivity index (χ0) is 16.9. The first-order chi connectivity index (χ1) is 11.7. The van der Waals surface area contributed by atoms with E-state index >= 15 is 0 Å². The molecule has 0 unspecified atom stereocenters. The summed E-state index contributed by atoms with van der Waals surface area (Å²) in [5.74, 6) is -0.214. The maximum absolute atomic E-state index is 12.6. The van der Waals surface area contributed by atoms with Crippen molar-refractivity contribution in [1.82, 2.24) is 10.2 Å². The van der Waals surface area contributed by atoms with E-state index in [2.05, 4.69) is 17.1 Å². The van der Waals surface area contributed by atoms with Crippen LogP contribution in [0, 0.1) is 0 Å². The predicted molar refractivity (Wildman–Crippen MR) is 91.2 cm³/mol. The predicted octanol–water partition coefficient (Wildman–Crippen LogP) is 1.42. The number of ether oxygens (including phenoxy) is 1. The summed E-state index contributed by atoms with van der Waals surface area (Å²) in [5.41, 5.74) is 2.37. The van der Waals surface area contributed by atoms with Crippen LogP contribution in [0.1, 0.15) is 22.8 Å². The second-order valence-corrected chi connectivity index (χ2v) is 6.10. The van der Waals surface area contributed by atoms with Gasteiger partial charge in [0, 0.05) is 25.0 Å². The fourth-order valence-electron chi connectivity index (χ4n) is 2.98. The summed E-state index contributed by atoms with van der Waals surface area (Å²) >= 11 is 0. The van der Waals surface area contributed by atoms with Gasteiger partial charge in [-0.2, -0.15) is 0 Å². The van der Waals surface area contributed by atoms with E-state index in [-0.39, 0.29) is 18.6 Å². The maximum atomic E-state index is 12.6. The Bertz CT molecular complexity index is 691. The summed E-state index contributed by atoms with van der Waals surface area (Å²) in [6.45, 7) is 5.62. The molecule has 0 saturated carbocycles. The SMILES string of the molecule is CCc1ccc2occ(C(=O)N[C@@H](CO)CN3CCOCC3)c2c1. The lowest BCUT2D eigenvalue weighted by molar-refractivity contribution is 0.0297. The van der Waals surface area contributed by atoms with Gasteiger partial charge >= 0.3 is 0 Å². The standard InChI is InChI=1S/C18H24N2O4/c1-2-13-3-4-17-15(9-13)16(12-24-17)18(22)19-14(11-21)10-20-5-7-23-8-6-20/h3-4,9,12,14,21H,2,5-8,10-11H2,1H3,(H,19,22)/t14-/m1/s1. The Balaban J connectivity index is 1.70. The van der Waals surface area contributed by atoms with E-state index in [9.17, 15) is 9.90 Å². The molecule has 3 rings (SSSR count). The number of furan rings is 1. The molecule has 0 bridgehead atoms. The number of aliphatic hydroxyl groups excluding tert-OH is 1. The average molecular weight is 332 g/mol. The molecule has 1 aromatic carbocycles. The second kappa shape index (κ2) is 7.79. The van der Waals surface area contributed by atoms with E-state index in [0.29, 0.717) is 30.9 Å². The molecule has 1 fully saturated rings. The fourth-order valence-corrected chi connectivity index (χ4v) is 2.98. The molecule has 0 aliphatic carbocycles. The van der Waals surface area contributed by atoms with Crippen molar-refractivity contribution in [1.29, 1.82) is 0 Å². The highest BCUT2D eigenvalue weighted by atomic mass is 16.5. The maximum Gasteiger partial charge on any atom is 0.255 e. The molecule has 6 heteroatoms. The van der Waals surface area contributed by atoms with Crippen LogP contribution in [0.4, 0.5) is 0 Å². The number of aryl methyl sites for hydroxylation is 1. The lowest BCUT2D eigenvalue weighted by Gasteiger charge is -2.30. The first kappa shape index (κ1) is 17.0. The monoisotopic (exact) mass is 332 g/mol. The van der Waals surface area contributed by atoms with Gasteiger partial charge in [-0.05, 0) is 24.1 Å². The van der Waals surface area contributed by atoms with Crippen LogP contribution in [0.2, 0.25) is 0 Å². The first-order valence-electron chi connectivity index (χ1n) is 8.43. The number of nitrogens with zero attached hydrogens (tertiary/aromatic N) is 1. The third kappa shape index (κ3) is 3.77. The summed E-state index contributed by atoms with van der Waals surface area (Å²) in [6, 6.07) is 5.57. The molecule has 1 amide bonds. The molecular weight excluding hydrogens is 308 g/mol. The summed E-state index contributed by atoms with van der Waals surface area (Å²) < 4.78 is 10.8. The lowest BCUT2D eigenvalue weighted by atomic mass is 10.1. The van der Waals surface area contributed by atoms with E-state index < -0.39 is 0 Å². The van der Waals surface area contributed by atoms with E-state index in [1.54, 1.807) is 0 Å². The van der Waals surface area contributed by atoms with Gasteiger partial charge in [-0.3, -0.25) is 9.69 Å². The molecule has 1 aliphatic heterocycles. The molecule has 6 nitrogen and oxygen atoms in total. The Morgan fingerprint density at radius 1 is 1.38 bits per heavy atom. The Morgan fingerprint density at radius 2 is 2.17 bits per heavy atom. The minimum absolute atomic E-state index is 0.0981. The lowest BCUT2D eigenvalue weighted by Crippen LogP contribution is -2.48. The van der Waals surface area contributed by atoms with Crippen LogP contribution in [-0.2, 0) is 11.2 Å². The molecule has 24 heavy (non-hydrogen) atoms. The summed E-state index contributed by atoms with van der Waals surface area (Å²) in [7, 11) is 0. The van der Waals surface area contributed by atoms with Crippen LogP contribution in [-0.4, -0.2) is 61.4 Å². The molecule has 0 spiro atoms. The van der Waals surface area contributed by atoms with Gasteiger partial charge in [0.1, 0.15) is 11.8 Å². The van der Waals surface area contributed by atoms with Crippen molar-refractivity contribution in [3.8, 4) is 0 Å². The van der Waals surface area contributed by atoms with Gasteiger partial charge in [0.05, 0.1) is 31.4 Å². The number of morpholine rings is 1. The quantitative estimate of drug-likeness (QED) is 0.837. The van der Waals surface area contributed by atoms with Crippen molar-refractivity contribution in [2.75, 3.05) is 39.5 Å². The zero-order valence-electron chi connectivity index (χ0n) is 14.0. The molecule has 1 aliphatic rings. The summed E-state index contributed by atoms with van der Waals surface area (Å²) in [4.78, 5) is 14.8. The highest BCUT2D eigenvalue weighted by Crippen LogP contribution is 2.23. The number of rotatable bonds is 6. The van der Waals surface area contributed by atoms with Gasteiger partial charge < -0.3 is 19.6 Å². The highest BCUT2D eigenvalue weighted by molar-refractivity contribution is 6.06. The average Bonchev–Trinajstić information content (AvgIpc) is 3.05. The molecule has 1 saturated heterocycles. The smallest absolute Gasteiger partial charge is 0.255 e. The van der Waals surface area contributed by atoms with E-state index in [4.69, 9.17) is 9.15 Å². The molecule has 2 N–H and O–H groups in total. The number of hydrogen-bond donors (Lipinski definition) is 2. The molecule has 0 radical (unpaired) electrons. The molecule has 2 heterocycles. The largest absolute Gasteiger partial charge is 0.463 e. The van der Waals surface area contributed by atoms with E-state index in [1.807, 2.05) is 18.2 Å². The fraction of sp³-hybridized carbons (Fsp3) is 0.500. The number of fused-ring (bicyclic) bond motifs is 1.